The van der Waals surface area contributed by atoms with Gasteiger partial charge in [0, 0.05) is 123 Å². The fourth-order valence-electron chi connectivity index (χ4n) is 14.8. The molecule has 10 aromatic carbocycles. The van der Waals surface area contributed by atoms with Crippen LogP contribution in [-0.2, 0) is 32.7 Å². The third-order valence-corrected chi connectivity index (χ3v) is 20.6. The van der Waals surface area contributed by atoms with Gasteiger partial charge in [-0.1, -0.05) is 150 Å². The number of aromatic nitrogens is 5. The molecule has 5 aromatic heterocycles. The molecule has 2 N–H and O–H groups in total. The molecular weight excluding hydrogens is 1410 g/mol. The molecule has 114 heavy (non-hydrogen) atoms. The Morgan fingerprint density at radius 2 is 0.588 bits per heavy atom. The second kappa shape index (κ2) is 33.2. The number of nitrogens with zero attached hydrogens (tertiary/aromatic N) is 10. The maximum atomic E-state index is 14.4. The zero-order valence-corrected chi connectivity index (χ0v) is 63.7. The van der Waals surface area contributed by atoms with Crippen molar-refractivity contribution in [2.45, 2.75) is 67.3 Å². The fraction of sp³-hybridized carbons (Fsp3) is 0.100. The number of halogens is 3. The van der Waals surface area contributed by atoms with Crippen molar-refractivity contribution in [2.75, 3.05) is 5.73 Å². The monoisotopic (exact) mass is 1490 g/mol. The second-order valence-electron chi connectivity index (χ2n) is 28.8. The van der Waals surface area contributed by atoms with Gasteiger partial charge >= 0.3 is 0 Å². The molecule has 15 aromatic rings. The van der Waals surface area contributed by atoms with E-state index in [9.17, 15) is 13.2 Å². The van der Waals surface area contributed by atoms with Crippen LogP contribution in [0.4, 0.5) is 18.9 Å². The highest BCUT2D eigenvalue weighted by molar-refractivity contribution is 5.94. The highest BCUT2D eigenvalue weighted by Crippen LogP contribution is 2.40. The molecule has 554 valence electrons. The molecule has 0 saturated heterocycles. The predicted molar refractivity (Wildman–Crippen MR) is 460 cm³/mol. The zero-order valence-electron chi connectivity index (χ0n) is 63.7. The van der Waals surface area contributed by atoms with E-state index < -0.39 is 0 Å². The number of hydrogen-bond donors (Lipinski definition) is 1. The number of fused-ring (bicyclic) bond motifs is 5. The van der Waals surface area contributed by atoms with Crippen LogP contribution in [0.5, 0.6) is 0 Å². The SMILES string of the molecule is Cc1cc(C)cc(-c2ncccc2-c2ccc3c(c2)C=NC3)c1.Cc1ccc(-c2ncccc2-c2ccc3c(c2)C=NC3)c(F)c1.Cc1ccc(-c2ncccc2-c2ccc3c(c2)C=NC3)cc1F.Cc1ccc(F)c(-c2ncccc2-c2ccc3c(c2)C=NC3)c1.Nc1cccc(-c2ncccc2-c2ccc3c(c2)C=NC3)c1. The van der Waals surface area contributed by atoms with Crippen LogP contribution in [0, 0.1) is 52.1 Å². The third-order valence-electron chi connectivity index (χ3n) is 20.6. The van der Waals surface area contributed by atoms with Crippen molar-refractivity contribution in [3.05, 3.63) is 381 Å². The Bertz CT molecular complexity index is 6350. The van der Waals surface area contributed by atoms with Gasteiger partial charge in [-0.15, -0.1) is 0 Å². The molecule has 0 unspecified atom stereocenters. The highest BCUT2D eigenvalue weighted by Gasteiger charge is 2.21. The Morgan fingerprint density at radius 1 is 0.237 bits per heavy atom. The molecule has 20 rings (SSSR count). The predicted octanol–water partition coefficient (Wildman–Crippen LogP) is 23.3. The Morgan fingerprint density at radius 3 is 0.982 bits per heavy atom. The molecular formula is C100H78F3N11. The summed E-state index contributed by atoms with van der Waals surface area (Å²) in [5.41, 5.74) is 42.6. The van der Waals surface area contributed by atoms with Gasteiger partial charge in [-0.05, 0) is 244 Å². The third kappa shape index (κ3) is 16.4. The molecule has 10 heterocycles. The minimum absolute atomic E-state index is 0.208. The lowest BCUT2D eigenvalue weighted by Crippen LogP contribution is -1.94. The topological polar surface area (TPSA) is 152 Å². The maximum absolute atomic E-state index is 14.4. The molecule has 0 amide bonds. The van der Waals surface area contributed by atoms with Gasteiger partial charge in [0.25, 0.3) is 0 Å². The number of aliphatic imine (C=N–C) groups is 5. The van der Waals surface area contributed by atoms with Crippen molar-refractivity contribution >= 4 is 36.8 Å². The summed E-state index contributed by atoms with van der Waals surface area (Å²) in [6.07, 6.45) is 18.4. The molecule has 0 bridgehead atoms. The normalized spacial score (nSPS) is 12.4. The number of nitrogen functional groups attached to an aromatic ring is 1. The quantitative estimate of drug-likeness (QED) is 0.135. The van der Waals surface area contributed by atoms with Gasteiger partial charge in [0.1, 0.15) is 17.5 Å². The average molecular weight is 1490 g/mol. The van der Waals surface area contributed by atoms with E-state index in [1.807, 2.05) is 148 Å². The molecule has 0 saturated carbocycles. The summed E-state index contributed by atoms with van der Waals surface area (Å²) in [5, 5.41) is 0. The van der Waals surface area contributed by atoms with Crippen molar-refractivity contribution in [3.63, 3.8) is 0 Å². The van der Waals surface area contributed by atoms with E-state index in [0.717, 1.165) is 139 Å². The first-order valence-corrected chi connectivity index (χ1v) is 37.8. The van der Waals surface area contributed by atoms with E-state index in [2.05, 4.69) is 185 Å². The van der Waals surface area contributed by atoms with Crippen molar-refractivity contribution in [1.29, 1.82) is 0 Å². The smallest absolute Gasteiger partial charge is 0.132 e. The number of hydrogen-bond acceptors (Lipinski definition) is 11. The standard InChI is InChI=1S/C21H18N2.3C20H15FN2.C19H15N3/c1-14-8-15(2)10-18(9-14)21-20(4-3-7-23-21)16-5-6-17-12-22-13-19(17)11-16;1-13-4-7-19(21)18(9-13)20-17(3-2-8-23-20)14-5-6-15-11-22-12-16(15)10-14;1-13-4-7-18(19(21)9-13)20-17(3-2-8-23-20)14-5-6-15-11-22-12-16(15)10-14;1-13-4-5-15(10-19(13)21)20-18(3-2-8-23-20)14-6-7-16-11-22-12-17(16)9-14;20-17-4-1-3-14(10-17)19-18(5-2-8-22-19)13-6-7-15-11-21-12-16(15)9-13/h3-11,13H,12H2,1-2H3;3*2-10,12H,11H2,1H3;1-10,12H,11,20H2. The van der Waals surface area contributed by atoms with Gasteiger partial charge in [0.05, 0.1) is 61.2 Å². The number of benzene rings is 10. The molecule has 0 radical (unpaired) electrons. The van der Waals surface area contributed by atoms with Crippen molar-refractivity contribution in [3.8, 4) is 112 Å². The summed E-state index contributed by atoms with van der Waals surface area (Å²) in [5.74, 6) is -0.703. The molecule has 5 aliphatic rings. The van der Waals surface area contributed by atoms with E-state index >= 15 is 0 Å². The molecule has 5 aliphatic heterocycles. The van der Waals surface area contributed by atoms with Crippen LogP contribution in [0.3, 0.4) is 0 Å². The number of anilines is 1. The van der Waals surface area contributed by atoms with Crippen molar-refractivity contribution in [1.82, 2.24) is 24.9 Å². The van der Waals surface area contributed by atoms with Gasteiger partial charge in [0.2, 0.25) is 0 Å². The minimum atomic E-state index is -0.252. The van der Waals surface area contributed by atoms with Crippen LogP contribution in [0.15, 0.2) is 305 Å². The van der Waals surface area contributed by atoms with Crippen LogP contribution in [0.25, 0.3) is 112 Å². The van der Waals surface area contributed by atoms with Gasteiger partial charge in [-0.25, -0.2) is 13.2 Å². The first kappa shape index (κ1) is 74.0. The van der Waals surface area contributed by atoms with E-state index in [1.54, 1.807) is 55.8 Å². The molecule has 14 heteroatoms. The Kier molecular flexibility index (Phi) is 21.6. The van der Waals surface area contributed by atoms with E-state index in [0.29, 0.717) is 28.1 Å². The van der Waals surface area contributed by atoms with Crippen LogP contribution in [-0.4, -0.2) is 56.0 Å². The number of aryl methyl sites for hydroxylation is 5. The molecule has 11 nitrogen and oxygen atoms in total. The van der Waals surface area contributed by atoms with Crippen LogP contribution < -0.4 is 5.73 Å². The summed E-state index contributed by atoms with van der Waals surface area (Å²) in [6, 6.07) is 81.7. The second-order valence-corrected chi connectivity index (χ2v) is 28.8. The van der Waals surface area contributed by atoms with E-state index in [4.69, 9.17) is 5.73 Å². The summed E-state index contributed by atoms with van der Waals surface area (Å²) in [6.45, 7) is 13.7. The summed E-state index contributed by atoms with van der Waals surface area (Å²) >= 11 is 0. The maximum Gasteiger partial charge on any atom is 0.132 e. The van der Waals surface area contributed by atoms with E-state index in [-0.39, 0.29) is 17.5 Å². The number of rotatable bonds is 10. The first-order chi connectivity index (χ1) is 55.7. The average Bonchev–Trinajstić information content (AvgIpc) is 1.53. The van der Waals surface area contributed by atoms with Crippen molar-refractivity contribution < 1.29 is 13.2 Å². The Hall–Kier alpha value is -14.1. The fourth-order valence-corrected chi connectivity index (χ4v) is 14.8. The number of nitrogens with two attached hydrogens (primary N) is 1. The summed E-state index contributed by atoms with van der Waals surface area (Å²) < 4.78 is 42.6. The van der Waals surface area contributed by atoms with Gasteiger partial charge < -0.3 is 5.73 Å². The molecule has 0 atom stereocenters. The first-order valence-electron chi connectivity index (χ1n) is 37.8. The lowest BCUT2D eigenvalue weighted by Gasteiger charge is -2.11. The van der Waals surface area contributed by atoms with Crippen LogP contribution in [0.2, 0.25) is 0 Å². The number of pyridine rings is 5. The van der Waals surface area contributed by atoms with Crippen molar-refractivity contribution in [2.24, 2.45) is 25.0 Å². The van der Waals surface area contributed by atoms with Crippen LogP contribution in [0.1, 0.15) is 83.5 Å². The molecule has 0 fully saturated rings. The van der Waals surface area contributed by atoms with Gasteiger partial charge in [0.15, 0.2) is 0 Å². The highest BCUT2D eigenvalue weighted by atomic mass is 19.1. The Labute approximate surface area is 661 Å². The van der Waals surface area contributed by atoms with Gasteiger partial charge in [-0.2, -0.15) is 0 Å². The minimum Gasteiger partial charge on any atom is -0.399 e. The summed E-state index contributed by atoms with van der Waals surface area (Å²) in [4.78, 5) is 44.2. The van der Waals surface area contributed by atoms with E-state index in [1.165, 1.54) is 72.8 Å². The zero-order chi connectivity index (χ0) is 78.2. The molecule has 0 spiro atoms. The lowest BCUT2D eigenvalue weighted by atomic mass is 9.95. The van der Waals surface area contributed by atoms with Gasteiger partial charge in [-0.3, -0.25) is 49.9 Å². The lowest BCUT2D eigenvalue weighted by molar-refractivity contribution is 0.619. The summed E-state index contributed by atoms with van der Waals surface area (Å²) in [7, 11) is 0. The Balaban J connectivity index is 0.000000107. The van der Waals surface area contributed by atoms with Crippen LogP contribution >= 0.6 is 0 Å². The largest absolute Gasteiger partial charge is 0.399 e. The molecule has 0 aliphatic carbocycles.